The molecule has 110 valence electrons. The van der Waals surface area contributed by atoms with Gasteiger partial charge in [-0.3, -0.25) is 9.69 Å². The van der Waals surface area contributed by atoms with Crippen LogP contribution in [0.4, 0.5) is 5.13 Å². The van der Waals surface area contributed by atoms with Crippen molar-refractivity contribution in [2.45, 2.75) is 32.7 Å². The third kappa shape index (κ3) is 2.81. The van der Waals surface area contributed by atoms with Crippen molar-refractivity contribution in [1.29, 1.82) is 0 Å². The number of carbonyl (C=O) groups is 1. The van der Waals surface area contributed by atoms with Gasteiger partial charge in [0, 0.05) is 43.5 Å². The topological polar surface area (TPSA) is 62.5 Å². The van der Waals surface area contributed by atoms with Gasteiger partial charge in [0.1, 0.15) is 0 Å². The molecule has 0 bridgehead atoms. The summed E-state index contributed by atoms with van der Waals surface area (Å²) in [5.74, 6) is 0.708. The highest BCUT2D eigenvalue weighted by Gasteiger charge is 2.31. The minimum atomic E-state index is 0.324. The van der Waals surface area contributed by atoms with Crippen LogP contribution in [0.25, 0.3) is 0 Å². The zero-order valence-corrected chi connectivity index (χ0v) is 12.8. The summed E-state index contributed by atoms with van der Waals surface area (Å²) in [5.41, 5.74) is 6.78. The van der Waals surface area contributed by atoms with Crippen molar-refractivity contribution in [3.05, 3.63) is 10.6 Å². The molecule has 3 rings (SSSR count). The predicted molar refractivity (Wildman–Crippen MR) is 80.5 cm³/mol. The van der Waals surface area contributed by atoms with Crippen LogP contribution < -0.4 is 5.73 Å². The molecule has 1 aliphatic heterocycles. The van der Waals surface area contributed by atoms with Crippen molar-refractivity contribution >= 4 is 22.4 Å². The number of anilines is 1. The molecule has 1 aromatic heterocycles. The maximum absolute atomic E-state index is 12.2. The summed E-state index contributed by atoms with van der Waals surface area (Å²) in [6, 6.07) is 0. The van der Waals surface area contributed by atoms with Crippen LogP contribution in [0.2, 0.25) is 0 Å². The molecular formula is C14H22N4OS. The van der Waals surface area contributed by atoms with Crippen LogP contribution in [0.5, 0.6) is 0 Å². The van der Waals surface area contributed by atoms with E-state index in [-0.39, 0.29) is 0 Å². The fraction of sp³-hybridized carbons (Fsp3) is 0.714. The van der Waals surface area contributed by atoms with Gasteiger partial charge in [-0.15, -0.1) is 11.3 Å². The van der Waals surface area contributed by atoms with E-state index in [4.69, 9.17) is 5.73 Å². The third-order valence-electron chi connectivity index (χ3n) is 4.41. The number of piperazine rings is 1. The summed E-state index contributed by atoms with van der Waals surface area (Å²) in [7, 11) is 0. The van der Waals surface area contributed by atoms with E-state index in [0.717, 1.165) is 51.3 Å². The number of rotatable bonds is 3. The molecule has 1 amide bonds. The first-order valence-corrected chi connectivity index (χ1v) is 8.18. The first kappa shape index (κ1) is 13.8. The first-order chi connectivity index (χ1) is 9.63. The fourth-order valence-electron chi connectivity index (χ4n) is 2.84. The number of nitrogen functional groups attached to an aromatic ring is 1. The summed E-state index contributed by atoms with van der Waals surface area (Å²) < 4.78 is 0. The SMILES string of the molecule is Cc1nc(N)sc1CN1CCN(C(=O)C2CCC2)CC1. The lowest BCUT2D eigenvalue weighted by atomic mass is 9.84. The van der Waals surface area contributed by atoms with Crippen LogP contribution in [-0.4, -0.2) is 46.9 Å². The van der Waals surface area contributed by atoms with Crippen LogP contribution in [0.1, 0.15) is 29.8 Å². The van der Waals surface area contributed by atoms with E-state index in [1.807, 2.05) is 11.8 Å². The molecule has 2 heterocycles. The minimum absolute atomic E-state index is 0.324. The molecule has 2 fully saturated rings. The van der Waals surface area contributed by atoms with Gasteiger partial charge in [0.25, 0.3) is 0 Å². The quantitative estimate of drug-likeness (QED) is 0.917. The Kier molecular flexibility index (Phi) is 3.94. The second-order valence-electron chi connectivity index (χ2n) is 5.79. The monoisotopic (exact) mass is 294 g/mol. The molecule has 2 aliphatic rings. The van der Waals surface area contributed by atoms with Gasteiger partial charge in [0.2, 0.25) is 5.91 Å². The fourth-order valence-corrected chi connectivity index (χ4v) is 3.72. The van der Waals surface area contributed by atoms with E-state index in [2.05, 4.69) is 9.88 Å². The van der Waals surface area contributed by atoms with Crippen molar-refractivity contribution in [2.24, 2.45) is 5.92 Å². The Bertz CT molecular complexity index is 489. The molecule has 0 spiro atoms. The third-order valence-corrected chi connectivity index (χ3v) is 5.39. The molecule has 0 aromatic carbocycles. The Hall–Kier alpha value is -1.14. The van der Waals surface area contributed by atoms with E-state index in [1.165, 1.54) is 11.3 Å². The van der Waals surface area contributed by atoms with Crippen LogP contribution in [0.15, 0.2) is 0 Å². The van der Waals surface area contributed by atoms with E-state index in [9.17, 15) is 4.79 Å². The van der Waals surface area contributed by atoms with Crippen molar-refractivity contribution in [2.75, 3.05) is 31.9 Å². The van der Waals surface area contributed by atoms with E-state index >= 15 is 0 Å². The van der Waals surface area contributed by atoms with Crippen molar-refractivity contribution in [1.82, 2.24) is 14.8 Å². The molecule has 1 aromatic rings. The largest absolute Gasteiger partial charge is 0.375 e. The molecule has 1 saturated heterocycles. The number of nitrogens with zero attached hydrogens (tertiary/aromatic N) is 3. The average molecular weight is 294 g/mol. The second kappa shape index (κ2) is 5.69. The number of aromatic nitrogens is 1. The number of aryl methyl sites for hydroxylation is 1. The Balaban J connectivity index is 1.51. The van der Waals surface area contributed by atoms with Gasteiger partial charge in [-0.25, -0.2) is 4.98 Å². The van der Waals surface area contributed by atoms with Crippen LogP contribution in [0.3, 0.4) is 0 Å². The first-order valence-electron chi connectivity index (χ1n) is 7.36. The van der Waals surface area contributed by atoms with Gasteiger partial charge < -0.3 is 10.6 Å². The highest BCUT2D eigenvalue weighted by atomic mass is 32.1. The van der Waals surface area contributed by atoms with Crippen molar-refractivity contribution in [3.8, 4) is 0 Å². The molecule has 0 radical (unpaired) electrons. The van der Waals surface area contributed by atoms with Crippen LogP contribution in [-0.2, 0) is 11.3 Å². The summed E-state index contributed by atoms with van der Waals surface area (Å²) in [6.07, 6.45) is 3.42. The molecule has 1 aliphatic carbocycles. The number of carbonyl (C=O) groups excluding carboxylic acids is 1. The molecule has 1 saturated carbocycles. The molecule has 0 unspecified atom stereocenters. The lowest BCUT2D eigenvalue weighted by Crippen LogP contribution is -2.50. The second-order valence-corrected chi connectivity index (χ2v) is 6.91. The number of nitrogens with two attached hydrogens (primary N) is 1. The lowest BCUT2D eigenvalue weighted by molar-refractivity contribution is -0.140. The predicted octanol–water partition coefficient (Wildman–Crippen LogP) is 1.48. The highest BCUT2D eigenvalue weighted by Crippen LogP contribution is 2.29. The highest BCUT2D eigenvalue weighted by molar-refractivity contribution is 7.15. The van der Waals surface area contributed by atoms with Crippen LogP contribution >= 0.6 is 11.3 Å². The van der Waals surface area contributed by atoms with Gasteiger partial charge in [-0.2, -0.15) is 0 Å². The standard InChI is InChI=1S/C14H22N4OS/c1-10-12(20-14(15)16-10)9-17-5-7-18(8-6-17)13(19)11-3-2-4-11/h11H,2-9H2,1H3,(H2,15,16). The average Bonchev–Trinajstić information content (AvgIpc) is 2.66. The Morgan fingerprint density at radius 3 is 2.55 bits per heavy atom. The normalized spacial score (nSPS) is 20.9. The maximum atomic E-state index is 12.2. The maximum Gasteiger partial charge on any atom is 0.225 e. The summed E-state index contributed by atoms with van der Waals surface area (Å²) in [5, 5.41) is 0.649. The number of thiazole rings is 1. The summed E-state index contributed by atoms with van der Waals surface area (Å²) in [6.45, 7) is 6.56. The zero-order chi connectivity index (χ0) is 14.1. The Labute approximate surface area is 123 Å². The van der Waals surface area contributed by atoms with E-state index < -0.39 is 0 Å². The summed E-state index contributed by atoms with van der Waals surface area (Å²) >= 11 is 1.58. The smallest absolute Gasteiger partial charge is 0.225 e. The van der Waals surface area contributed by atoms with Gasteiger partial charge in [0.05, 0.1) is 5.69 Å². The van der Waals surface area contributed by atoms with Crippen molar-refractivity contribution < 1.29 is 4.79 Å². The van der Waals surface area contributed by atoms with E-state index in [1.54, 1.807) is 11.3 Å². The van der Waals surface area contributed by atoms with Gasteiger partial charge in [0.15, 0.2) is 5.13 Å². The van der Waals surface area contributed by atoms with Crippen molar-refractivity contribution in [3.63, 3.8) is 0 Å². The van der Waals surface area contributed by atoms with Gasteiger partial charge in [-0.05, 0) is 19.8 Å². The number of hydrogen-bond donors (Lipinski definition) is 1. The lowest BCUT2D eigenvalue weighted by Gasteiger charge is -2.38. The van der Waals surface area contributed by atoms with E-state index in [0.29, 0.717) is 17.0 Å². The number of amides is 1. The van der Waals surface area contributed by atoms with Gasteiger partial charge >= 0.3 is 0 Å². The Morgan fingerprint density at radius 2 is 2.05 bits per heavy atom. The van der Waals surface area contributed by atoms with Gasteiger partial charge in [-0.1, -0.05) is 6.42 Å². The molecular weight excluding hydrogens is 272 g/mol. The molecule has 2 N–H and O–H groups in total. The Morgan fingerprint density at radius 1 is 1.35 bits per heavy atom. The molecule has 0 atom stereocenters. The molecule has 20 heavy (non-hydrogen) atoms. The van der Waals surface area contributed by atoms with Crippen LogP contribution in [0, 0.1) is 12.8 Å². The zero-order valence-electron chi connectivity index (χ0n) is 12.0. The molecule has 6 heteroatoms. The number of hydrogen-bond acceptors (Lipinski definition) is 5. The summed E-state index contributed by atoms with van der Waals surface area (Å²) in [4.78, 5) is 22.1. The minimum Gasteiger partial charge on any atom is -0.375 e. The molecule has 5 nitrogen and oxygen atoms in total.